The minimum absolute atomic E-state index is 0.0207. The van der Waals surface area contributed by atoms with E-state index in [0.29, 0.717) is 6.54 Å². The standard InChI is InChI=1S/C15H16ClNO/c1-2-9-17(15(18)11-16)14-8-7-12-5-3-4-6-13(12)10-14/h3-8,10H,2,9,11H2,1H3. The fourth-order valence-corrected chi connectivity index (χ4v) is 2.18. The van der Waals surface area contributed by atoms with Crippen molar-refractivity contribution in [1.29, 1.82) is 0 Å². The molecule has 0 fully saturated rings. The van der Waals surface area contributed by atoms with Crippen LogP contribution in [-0.2, 0) is 4.79 Å². The van der Waals surface area contributed by atoms with Gasteiger partial charge in [-0.15, -0.1) is 11.6 Å². The van der Waals surface area contributed by atoms with Crippen LogP contribution in [0.5, 0.6) is 0 Å². The van der Waals surface area contributed by atoms with Crippen LogP contribution in [0.25, 0.3) is 10.8 Å². The highest BCUT2D eigenvalue weighted by Crippen LogP contribution is 2.22. The molecule has 0 aliphatic rings. The Labute approximate surface area is 112 Å². The molecule has 0 bridgehead atoms. The third-order valence-electron chi connectivity index (χ3n) is 2.91. The number of amides is 1. The molecular weight excluding hydrogens is 246 g/mol. The van der Waals surface area contributed by atoms with Gasteiger partial charge >= 0.3 is 0 Å². The van der Waals surface area contributed by atoms with Gasteiger partial charge in [0.05, 0.1) is 0 Å². The summed E-state index contributed by atoms with van der Waals surface area (Å²) in [6.07, 6.45) is 0.912. The number of rotatable bonds is 4. The molecule has 0 unspecified atom stereocenters. The normalized spacial score (nSPS) is 10.6. The lowest BCUT2D eigenvalue weighted by Crippen LogP contribution is -2.32. The predicted molar refractivity (Wildman–Crippen MR) is 77.3 cm³/mol. The molecule has 0 aromatic heterocycles. The van der Waals surface area contributed by atoms with Crippen LogP contribution in [0.3, 0.4) is 0 Å². The first-order valence-corrected chi connectivity index (χ1v) is 6.65. The summed E-state index contributed by atoms with van der Waals surface area (Å²) in [6.45, 7) is 2.75. The molecule has 2 nitrogen and oxygen atoms in total. The highest BCUT2D eigenvalue weighted by molar-refractivity contribution is 6.29. The number of halogens is 1. The Balaban J connectivity index is 2.41. The van der Waals surface area contributed by atoms with Crippen molar-refractivity contribution in [3.05, 3.63) is 42.5 Å². The van der Waals surface area contributed by atoms with Crippen LogP contribution < -0.4 is 4.90 Å². The molecule has 3 heteroatoms. The molecule has 0 heterocycles. The topological polar surface area (TPSA) is 20.3 Å². The van der Waals surface area contributed by atoms with E-state index in [-0.39, 0.29) is 11.8 Å². The maximum Gasteiger partial charge on any atom is 0.241 e. The zero-order chi connectivity index (χ0) is 13.0. The summed E-state index contributed by atoms with van der Waals surface area (Å²) >= 11 is 5.66. The van der Waals surface area contributed by atoms with Gasteiger partial charge in [0, 0.05) is 12.2 Å². The fraction of sp³-hybridized carbons (Fsp3) is 0.267. The molecule has 0 saturated carbocycles. The summed E-state index contributed by atoms with van der Waals surface area (Å²) in [5.41, 5.74) is 0.918. The third kappa shape index (κ3) is 2.65. The van der Waals surface area contributed by atoms with Crippen molar-refractivity contribution >= 4 is 34.0 Å². The van der Waals surface area contributed by atoms with E-state index in [1.807, 2.05) is 36.4 Å². The van der Waals surface area contributed by atoms with Crippen molar-refractivity contribution in [2.45, 2.75) is 13.3 Å². The van der Waals surface area contributed by atoms with Crippen LogP contribution in [0.15, 0.2) is 42.5 Å². The van der Waals surface area contributed by atoms with E-state index in [2.05, 4.69) is 13.0 Å². The van der Waals surface area contributed by atoms with Crippen LogP contribution in [0.2, 0.25) is 0 Å². The van der Waals surface area contributed by atoms with Crippen molar-refractivity contribution in [3.8, 4) is 0 Å². The first-order chi connectivity index (χ1) is 8.76. The van der Waals surface area contributed by atoms with Gasteiger partial charge in [0.15, 0.2) is 0 Å². The number of hydrogen-bond donors (Lipinski definition) is 0. The second kappa shape index (κ2) is 5.87. The first-order valence-electron chi connectivity index (χ1n) is 6.11. The molecule has 0 atom stereocenters. The first kappa shape index (κ1) is 12.9. The molecule has 18 heavy (non-hydrogen) atoms. The molecule has 2 aromatic rings. The van der Waals surface area contributed by atoms with Gasteiger partial charge in [0.1, 0.15) is 5.88 Å². The molecule has 1 amide bonds. The van der Waals surface area contributed by atoms with E-state index in [1.54, 1.807) is 4.90 Å². The maximum atomic E-state index is 11.8. The minimum atomic E-state index is -0.0474. The Bertz CT molecular complexity index is 553. The van der Waals surface area contributed by atoms with Crippen LogP contribution in [0.4, 0.5) is 5.69 Å². The van der Waals surface area contributed by atoms with Crippen molar-refractivity contribution in [2.75, 3.05) is 17.3 Å². The molecule has 0 radical (unpaired) electrons. The Morgan fingerprint density at radius 2 is 1.89 bits per heavy atom. The number of alkyl halides is 1. The molecule has 94 valence electrons. The molecule has 2 rings (SSSR count). The molecule has 0 spiro atoms. The molecule has 0 saturated heterocycles. The van der Waals surface area contributed by atoms with Gasteiger partial charge in [-0.1, -0.05) is 37.3 Å². The number of carbonyl (C=O) groups excluding carboxylic acids is 1. The number of nitrogens with zero attached hydrogens (tertiary/aromatic N) is 1. The highest BCUT2D eigenvalue weighted by Gasteiger charge is 2.13. The largest absolute Gasteiger partial charge is 0.311 e. The van der Waals surface area contributed by atoms with Gasteiger partial charge in [-0.25, -0.2) is 0 Å². The summed E-state index contributed by atoms with van der Waals surface area (Å²) < 4.78 is 0. The molecule has 0 N–H and O–H groups in total. The van der Waals surface area contributed by atoms with Crippen LogP contribution in [0.1, 0.15) is 13.3 Å². The van der Waals surface area contributed by atoms with Gasteiger partial charge < -0.3 is 4.90 Å². The maximum absolute atomic E-state index is 11.8. The lowest BCUT2D eigenvalue weighted by atomic mass is 10.1. The SMILES string of the molecule is CCCN(C(=O)CCl)c1ccc2ccccc2c1. The van der Waals surface area contributed by atoms with E-state index >= 15 is 0 Å². The fourth-order valence-electron chi connectivity index (χ4n) is 2.04. The monoisotopic (exact) mass is 261 g/mol. The number of benzene rings is 2. The molecule has 0 aliphatic heterocycles. The van der Waals surface area contributed by atoms with E-state index < -0.39 is 0 Å². The zero-order valence-electron chi connectivity index (χ0n) is 10.4. The average molecular weight is 262 g/mol. The van der Waals surface area contributed by atoms with Gasteiger partial charge in [-0.2, -0.15) is 0 Å². The van der Waals surface area contributed by atoms with Gasteiger partial charge in [0.25, 0.3) is 0 Å². The van der Waals surface area contributed by atoms with Gasteiger partial charge in [-0.05, 0) is 29.3 Å². The van der Waals surface area contributed by atoms with E-state index in [0.717, 1.165) is 17.5 Å². The minimum Gasteiger partial charge on any atom is -0.311 e. The number of fused-ring (bicyclic) bond motifs is 1. The number of carbonyl (C=O) groups is 1. The number of hydrogen-bond acceptors (Lipinski definition) is 1. The van der Waals surface area contributed by atoms with Crippen LogP contribution in [-0.4, -0.2) is 18.3 Å². The van der Waals surface area contributed by atoms with Crippen molar-refractivity contribution in [2.24, 2.45) is 0 Å². The van der Waals surface area contributed by atoms with Crippen LogP contribution >= 0.6 is 11.6 Å². The summed E-state index contributed by atoms with van der Waals surface area (Å²) in [7, 11) is 0. The Hall–Kier alpha value is -1.54. The average Bonchev–Trinajstić information content (AvgIpc) is 2.43. The Kier molecular flexibility index (Phi) is 4.21. The van der Waals surface area contributed by atoms with Gasteiger partial charge in [-0.3, -0.25) is 4.79 Å². The Morgan fingerprint density at radius 1 is 1.17 bits per heavy atom. The van der Waals surface area contributed by atoms with E-state index in [1.165, 1.54) is 5.39 Å². The van der Waals surface area contributed by atoms with Crippen molar-refractivity contribution in [1.82, 2.24) is 0 Å². The van der Waals surface area contributed by atoms with Crippen molar-refractivity contribution in [3.63, 3.8) is 0 Å². The second-order valence-electron chi connectivity index (χ2n) is 4.21. The Morgan fingerprint density at radius 3 is 2.56 bits per heavy atom. The third-order valence-corrected chi connectivity index (χ3v) is 3.14. The van der Waals surface area contributed by atoms with Crippen molar-refractivity contribution < 1.29 is 4.79 Å². The summed E-state index contributed by atoms with van der Waals surface area (Å²) in [5.74, 6) is -0.0267. The lowest BCUT2D eigenvalue weighted by Gasteiger charge is -2.21. The molecular formula is C15H16ClNO. The smallest absolute Gasteiger partial charge is 0.241 e. The van der Waals surface area contributed by atoms with E-state index in [4.69, 9.17) is 11.6 Å². The highest BCUT2D eigenvalue weighted by atomic mass is 35.5. The molecule has 2 aromatic carbocycles. The number of anilines is 1. The lowest BCUT2D eigenvalue weighted by molar-refractivity contribution is -0.116. The molecule has 0 aliphatic carbocycles. The van der Waals surface area contributed by atoms with Gasteiger partial charge in [0.2, 0.25) is 5.91 Å². The quantitative estimate of drug-likeness (QED) is 0.766. The summed E-state index contributed by atoms with van der Waals surface area (Å²) in [6, 6.07) is 14.2. The van der Waals surface area contributed by atoms with E-state index in [9.17, 15) is 4.79 Å². The predicted octanol–water partition coefficient (Wildman–Crippen LogP) is 3.82. The summed E-state index contributed by atoms with van der Waals surface area (Å²) in [4.78, 5) is 13.6. The van der Waals surface area contributed by atoms with Crippen LogP contribution in [0, 0.1) is 0 Å². The summed E-state index contributed by atoms with van der Waals surface area (Å²) in [5, 5.41) is 2.31. The zero-order valence-corrected chi connectivity index (χ0v) is 11.2. The second-order valence-corrected chi connectivity index (χ2v) is 4.48.